The van der Waals surface area contributed by atoms with Crippen LogP contribution in [0.3, 0.4) is 0 Å². The third-order valence-electron chi connectivity index (χ3n) is 3.61. The van der Waals surface area contributed by atoms with Crippen molar-refractivity contribution < 1.29 is 4.42 Å². The lowest BCUT2D eigenvalue weighted by Crippen LogP contribution is -1.90. The molecule has 7 nitrogen and oxygen atoms in total. The summed E-state index contributed by atoms with van der Waals surface area (Å²) >= 11 is 1.42. The zero-order valence-corrected chi connectivity index (χ0v) is 13.1. The number of hydrogen-bond acceptors (Lipinski definition) is 6. The molecule has 0 radical (unpaired) electrons. The maximum absolute atomic E-state index is 5.39. The van der Waals surface area contributed by atoms with Gasteiger partial charge in [-0.2, -0.15) is 9.61 Å². The highest BCUT2D eigenvalue weighted by Crippen LogP contribution is 2.28. The van der Waals surface area contributed by atoms with Crippen molar-refractivity contribution in [1.82, 2.24) is 30.0 Å². The van der Waals surface area contributed by atoms with Crippen LogP contribution >= 0.6 is 11.3 Å². The molecule has 24 heavy (non-hydrogen) atoms. The highest BCUT2D eigenvalue weighted by Gasteiger charge is 2.17. The Morgan fingerprint density at radius 1 is 1.04 bits per heavy atom. The molecule has 0 atom stereocenters. The van der Waals surface area contributed by atoms with Gasteiger partial charge in [-0.25, -0.2) is 0 Å². The van der Waals surface area contributed by atoms with E-state index in [9.17, 15) is 0 Å². The molecule has 0 bridgehead atoms. The molecule has 5 aromatic rings. The smallest absolute Gasteiger partial charge is 0.235 e. The number of rotatable bonds is 3. The molecule has 0 aliphatic carbocycles. The number of furan rings is 1. The van der Waals surface area contributed by atoms with E-state index >= 15 is 0 Å². The highest BCUT2D eigenvalue weighted by atomic mass is 32.1. The first-order valence-electron chi connectivity index (χ1n) is 7.26. The standard InChI is InChI=1S/C16H10N6OS/c1-2-5-10(6-3-1)11-9-12(18-17-11)14-19-20-16-22(14)21-15(24-16)13-7-4-8-23-13/h1-9H,(H,17,18). The fourth-order valence-electron chi connectivity index (χ4n) is 2.48. The van der Waals surface area contributed by atoms with Gasteiger partial charge in [0.05, 0.1) is 12.0 Å². The Labute approximate surface area is 139 Å². The molecule has 0 amide bonds. The number of nitrogens with one attached hydrogen (secondary N) is 1. The van der Waals surface area contributed by atoms with Gasteiger partial charge in [0.1, 0.15) is 5.69 Å². The summed E-state index contributed by atoms with van der Waals surface area (Å²) in [5, 5.41) is 21.1. The van der Waals surface area contributed by atoms with Crippen LogP contribution < -0.4 is 0 Å². The third kappa shape index (κ3) is 2.04. The Bertz CT molecular complexity index is 1110. The van der Waals surface area contributed by atoms with E-state index in [-0.39, 0.29) is 0 Å². The van der Waals surface area contributed by atoms with Crippen molar-refractivity contribution >= 4 is 16.3 Å². The summed E-state index contributed by atoms with van der Waals surface area (Å²) in [5.74, 6) is 1.33. The number of aromatic amines is 1. The van der Waals surface area contributed by atoms with Gasteiger partial charge in [0.2, 0.25) is 10.8 Å². The Kier molecular flexibility index (Phi) is 2.83. The van der Waals surface area contributed by atoms with E-state index in [1.54, 1.807) is 10.8 Å². The van der Waals surface area contributed by atoms with Crippen LogP contribution in [0.4, 0.5) is 0 Å². The zero-order chi connectivity index (χ0) is 15.9. The molecule has 4 aromatic heterocycles. The summed E-state index contributed by atoms with van der Waals surface area (Å²) in [6.07, 6.45) is 1.62. The molecule has 0 saturated heterocycles. The van der Waals surface area contributed by atoms with Crippen molar-refractivity contribution in [3.8, 4) is 33.5 Å². The fourth-order valence-corrected chi connectivity index (χ4v) is 3.29. The molecule has 116 valence electrons. The van der Waals surface area contributed by atoms with Crippen LogP contribution in [0.1, 0.15) is 0 Å². The summed E-state index contributed by atoms with van der Waals surface area (Å²) < 4.78 is 7.09. The molecule has 0 aliphatic rings. The molecule has 0 fully saturated rings. The van der Waals surface area contributed by atoms with Crippen LogP contribution in [0.2, 0.25) is 0 Å². The summed E-state index contributed by atoms with van der Waals surface area (Å²) in [6.45, 7) is 0. The van der Waals surface area contributed by atoms with Crippen molar-refractivity contribution in [2.24, 2.45) is 0 Å². The molecule has 0 saturated carbocycles. The molecule has 8 heteroatoms. The third-order valence-corrected chi connectivity index (χ3v) is 4.52. The lowest BCUT2D eigenvalue weighted by molar-refractivity contribution is 0.580. The second-order valence-electron chi connectivity index (χ2n) is 5.14. The molecule has 0 aliphatic heterocycles. The van der Waals surface area contributed by atoms with Gasteiger partial charge < -0.3 is 4.42 Å². The largest absolute Gasteiger partial charge is 0.462 e. The van der Waals surface area contributed by atoms with Crippen LogP contribution in [0.5, 0.6) is 0 Å². The number of benzene rings is 1. The van der Waals surface area contributed by atoms with E-state index in [0.29, 0.717) is 16.5 Å². The molecule has 5 rings (SSSR count). The summed E-state index contributed by atoms with van der Waals surface area (Å²) in [5.41, 5.74) is 2.65. The summed E-state index contributed by atoms with van der Waals surface area (Å²) in [7, 11) is 0. The van der Waals surface area contributed by atoms with Gasteiger partial charge in [-0.05, 0) is 18.2 Å². The van der Waals surface area contributed by atoms with Crippen molar-refractivity contribution in [2.75, 3.05) is 0 Å². The Morgan fingerprint density at radius 3 is 2.79 bits per heavy atom. The Balaban J connectivity index is 1.59. The van der Waals surface area contributed by atoms with Crippen molar-refractivity contribution in [3.05, 3.63) is 54.8 Å². The number of hydrogen-bond donors (Lipinski definition) is 1. The highest BCUT2D eigenvalue weighted by molar-refractivity contribution is 7.19. The molecule has 1 aromatic carbocycles. The topological polar surface area (TPSA) is 84.9 Å². The minimum absolute atomic E-state index is 0.619. The average Bonchev–Trinajstić information content (AvgIpc) is 3.37. The van der Waals surface area contributed by atoms with Crippen molar-refractivity contribution in [1.29, 1.82) is 0 Å². The normalized spacial score (nSPS) is 11.3. The molecule has 1 N–H and O–H groups in total. The van der Waals surface area contributed by atoms with Crippen molar-refractivity contribution in [2.45, 2.75) is 0 Å². The molecular formula is C16H10N6OS. The molecule has 4 heterocycles. The first-order valence-corrected chi connectivity index (χ1v) is 8.07. The second kappa shape index (κ2) is 5.14. The fraction of sp³-hybridized carbons (Fsp3) is 0. The van der Waals surface area contributed by atoms with Crippen LogP contribution in [0.25, 0.3) is 38.5 Å². The van der Waals surface area contributed by atoms with E-state index < -0.39 is 0 Å². The minimum atomic E-state index is 0.619. The second-order valence-corrected chi connectivity index (χ2v) is 6.09. The van der Waals surface area contributed by atoms with Gasteiger partial charge in [0.15, 0.2) is 10.8 Å². The van der Waals surface area contributed by atoms with Gasteiger partial charge >= 0.3 is 0 Å². The van der Waals surface area contributed by atoms with E-state index in [1.807, 2.05) is 48.5 Å². The lowest BCUT2D eigenvalue weighted by Gasteiger charge is -1.93. The first kappa shape index (κ1) is 13.2. The lowest BCUT2D eigenvalue weighted by atomic mass is 10.1. The monoisotopic (exact) mass is 334 g/mol. The average molecular weight is 334 g/mol. The molecule has 0 unspecified atom stereocenters. The van der Waals surface area contributed by atoms with Gasteiger partial charge in [-0.15, -0.1) is 15.3 Å². The number of nitrogens with zero attached hydrogens (tertiary/aromatic N) is 5. The van der Waals surface area contributed by atoms with E-state index in [0.717, 1.165) is 22.0 Å². The maximum Gasteiger partial charge on any atom is 0.235 e. The predicted octanol–water partition coefficient (Wildman–Crippen LogP) is 3.50. The summed E-state index contributed by atoms with van der Waals surface area (Å²) in [6, 6.07) is 15.6. The van der Waals surface area contributed by atoms with E-state index in [2.05, 4.69) is 25.5 Å². The summed E-state index contributed by atoms with van der Waals surface area (Å²) in [4.78, 5) is 0.701. The van der Waals surface area contributed by atoms with Crippen LogP contribution in [-0.2, 0) is 0 Å². The maximum atomic E-state index is 5.39. The zero-order valence-electron chi connectivity index (χ0n) is 12.2. The van der Waals surface area contributed by atoms with Gasteiger partial charge in [-0.3, -0.25) is 5.10 Å². The molecular weight excluding hydrogens is 324 g/mol. The van der Waals surface area contributed by atoms with E-state index in [4.69, 9.17) is 4.42 Å². The molecule has 0 spiro atoms. The number of fused-ring (bicyclic) bond motifs is 1. The van der Waals surface area contributed by atoms with Crippen LogP contribution in [0, 0.1) is 0 Å². The van der Waals surface area contributed by atoms with Gasteiger partial charge in [0, 0.05) is 5.56 Å². The van der Waals surface area contributed by atoms with Gasteiger partial charge in [0.25, 0.3) is 0 Å². The van der Waals surface area contributed by atoms with E-state index in [1.165, 1.54) is 11.3 Å². The number of aromatic nitrogens is 6. The van der Waals surface area contributed by atoms with Gasteiger partial charge in [-0.1, -0.05) is 41.7 Å². The minimum Gasteiger partial charge on any atom is -0.462 e. The predicted molar refractivity (Wildman–Crippen MR) is 89.4 cm³/mol. The SMILES string of the molecule is c1ccc(-c2cc(-c3nnc4sc(-c5ccco5)nn34)[nH]n2)cc1. The van der Waals surface area contributed by atoms with Crippen LogP contribution in [-0.4, -0.2) is 30.0 Å². The first-order chi connectivity index (χ1) is 11.9. The Hall–Kier alpha value is -3.26. The van der Waals surface area contributed by atoms with Crippen molar-refractivity contribution in [3.63, 3.8) is 0 Å². The Morgan fingerprint density at radius 2 is 1.96 bits per heavy atom. The quantitative estimate of drug-likeness (QED) is 0.546. The number of H-pyrrole nitrogens is 1. The van der Waals surface area contributed by atoms with Crippen LogP contribution in [0.15, 0.2) is 59.2 Å².